The molecule has 4 heteroatoms. The van der Waals surface area contributed by atoms with Crippen LogP contribution in [0.15, 0.2) is 34.8 Å². The van der Waals surface area contributed by atoms with E-state index in [-0.39, 0.29) is 5.82 Å². The number of thiophene rings is 1. The molecule has 1 aromatic carbocycles. The highest BCUT2D eigenvalue weighted by Crippen LogP contribution is 2.30. The zero-order valence-electron chi connectivity index (χ0n) is 9.28. The molecule has 0 saturated heterocycles. The predicted molar refractivity (Wildman–Crippen MR) is 71.9 cm³/mol. The highest BCUT2D eigenvalue weighted by atomic mass is 79.9. The largest absolute Gasteiger partial charge is 0.383 e. The maximum absolute atomic E-state index is 13.1. The van der Waals surface area contributed by atoms with E-state index in [1.807, 2.05) is 12.1 Å². The fourth-order valence-electron chi connectivity index (χ4n) is 1.58. The van der Waals surface area contributed by atoms with Gasteiger partial charge in [0.25, 0.3) is 0 Å². The lowest BCUT2D eigenvalue weighted by Crippen LogP contribution is -1.97. The van der Waals surface area contributed by atoms with E-state index in [2.05, 4.69) is 22.9 Å². The molecule has 0 radical (unpaired) electrons. The Kier molecular flexibility index (Phi) is 3.97. The third-order valence-corrected chi connectivity index (χ3v) is 4.45. The molecule has 2 aromatic rings. The molecule has 17 heavy (non-hydrogen) atoms. The second-order valence-electron chi connectivity index (χ2n) is 3.73. The van der Waals surface area contributed by atoms with Gasteiger partial charge in [-0.25, -0.2) is 4.39 Å². The van der Waals surface area contributed by atoms with Gasteiger partial charge in [0.15, 0.2) is 0 Å². The first-order valence-electron chi connectivity index (χ1n) is 5.33. The van der Waals surface area contributed by atoms with Crippen molar-refractivity contribution in [3.63, 3.8) is 0 Å². The van der Waals surface area contributed by atoms with Crippen LogP contribution in [0.2, 0.25) is 0 Å². The lowest BCUT2D eigenvalue weighted by Gasteiger charge is -2.09. The van der Waals surface area contributed by atoms with E-state index in [0.717, 1.165) is 11.3 Å². The van der Waals surface area contributed by atoms with Gasteiger partial charge < -0.3 is 5.11 Å². The zero-order valence-corrected chi connectivity index (χ0v) is 11.7. The molecule has 0 spiro atoms. The number of hydrogen-bond donors (Lipinski definition) is 1. The maximum Gasteiger partial charge on any atom is 0.137 e. The summed E-state index contributed by atoms with van der Waals surface area (Å²) in [5, 5.41) is 10.2. The van der Waals surface area contributed by atoms with Crippen molar-refractivity contribution in [2.24, 2.45) is 0 Å². The monoisotopic (exact) mass is 314 g/mol. The molecule has 1 unspecified atom stereocenters. The Bertz CT molecular complexity index is 524. The summed E-state index contributed by atoms with van der Waals surface area (Å²) in [7, 11) is 0. The van der Waals surface area contributed by atoms with E-state index in [9.17, 15) is 9.50 Å². The van der Waals surface area contributed by atoms with Crippen molar-refractivity contribution in [2.75, 3.05) is 0 Å². The van der Waals surface area contributed by atoms with Crippen LogP contribution in [0.25, 0.3) is 0 Å². The highest BCUT2D eigenvalue weighted by Gasteiger charge is 2.14. The molecule has 0 aliphatic heterocycles. The SMILES string of the molecule is CCc1ccc(C(O)c2ccc(F)c(Br)c2)s1. The highest BCUT2D eigenvalue weighted by molar-refractivity contribution is 9.10. The average Bonchev–Trinajstić information content (AvgIpc) is 2.80. The number of benzene rings is 1. The molecule has 2 rings (SSSR count). The fourth-order valence-corrected chi connectivity index (χ4v) is 2.94. The number of aryl methyl sites for hydroxylation is 1. The summed E-state index contributed by atoms with van der Waals surface area (Å²) in [6.07, 6.45) is 0.280. The summed E-state index contributed by atoms with van der Waals surface area (Å²) in [5.41, 5.74) is 0.697. The molecule has 1 nitrogen and oxygen atoms in total. The van der Waals surface area contributed by atoms with Crippen molar-refractivity contribution in [3.8, 4) is 0 Å². The minimum Gasteiger partial charge on any atom is -0.383 e. The minimum absolute atomic E-state index is 0.318. The third kappa shape index (κ3) is 2.76. The summed E-state index contributed by atoms with van der Waals surface area (Å²) >= 11 is 4.71. The molecule has 0 saturated carbocycles. The zero-order chi connectivity index (χ0) is 12.4. The van der Waals surface area contributed by atoms with Crippen LogP contribution in [0.3, 0.4) is 0 Å². The lowest BCUT2D eigenvalue weighted by atomic mass is 10.1. The molecule has 0 amide bonds. The van der Waals surface area contributed by atoms with Crippen LogP contribution >= 0.6 is 27.3 Å². The smallest absolute Gasteiger partial charge is 0.137 e. The molecular formula is C13H12BrFOS. The van der Waals surface area contributed by atoms with Crippen molar-refractivity contribution in [1.82, 2.24) is 0 Å². The van der Waals surface area contributed by atoms with Gasteiger partial charge in [0.05, 0.1) is 4.47 Å². The van der Waals surface area contributed by atoms with E-state index in [1.165, 1.54) is 10.9 Å². The van der Waals surface area contributed by atoms with E-state index in [0.29, 0.717) is 10.0 Å². The fraction of sp³-hybridized carbons (Fsp3) is 0.231. The summed E-state index contributed by atoms with van der Waals surface area (Å²) in [6.45, 7) is 2.08. The predicted octanol–water partition coefficient (Wildman–Crippen LogP) is 4.29. The lowest BCUT2D eigenvalue weighted by molar-refractivity contribution is 0.224. The van der Waals surface area contributed by atoms with Gasteiger partial charge in [-0.15, -0.1) is 11.3 Å². The van der Waals surface area contributed by atoms with Crippen LogP contribution < -0.4 is 0 Å². The number of aliphatic hydroxyl groups is 1. The summed E-state index contributed by atoms with van der Waals surface area (Å²) in [6, 6.07) is 8.52. The number of halogens is 2. The van der Waals surface area contributed by atoms with E-state index < -0.39 is 6.10 Å². The molecule has 1 atom stereocenters. The quantitative estimate of drug-likeness (QED) is 0.895. The number of rotatable bonds is 3. The van der Waals surface area contributed by atoms with Crippen LogP contribution in [0.5, 0.6) is 0 Å². The van der Waals surface area contributed by atoms with Crippen molar-refractivity contribution < 1.29 is 9.50 Å². The molecule has 0 bridgehead atoms. The van der Waals surface area contributed by atoms with E-state index in [1.54, 1.807) is 23.5 Å². The molecule has 1 aromatic heterocycles. The topological polar surface area (TPSA) is 20.2 Å². The van der Waals surface area contributed by atoms with Gasteiger partial charge >= 0.3 is 0 Å². The van der Waals surface area contributed by atoms with Gasteiger partial charge in [-0.05, 0) is 52.2 Å². The van der Waals surface area contributed by atoms with Crippen molar-refractivity contribution >= 4 is 27.3 Å². The summed E-state index contributed by atoms with van der Waals surface area (Å²) < 4.78 is 13.5. The van der Waals surface area contributed by atoms with Crippen LogP contribution in [0.1, 0.15) is 28.3 Å². The second kappa shape index (κ2) is 5.29. The Balaban J connectivity index is 2.29. The van der Waals surface area contributed by atoms with Crippen LogP contribution in [-0.2, 0) is 6.42 Å². The molecular weight excluding hydrogens is 303 g/mol. The van der Waals surface area contributed by atoms with Crippen LogP contribution in [0, 0.1) is 5.82 Å². The molecule has 0 fully saturated rings. The van der Waals surface area contributed by atoms with E-state index >= 15 is 0 Å². The molecule has 0 aliphatic carbocycles. The minimum atomic E-state index is -0.683. The summed E-state index contributed by atoms with van der Waals surface area (Å²) in [5.74, 6) is -0.318. The van der Waals surface area contributed by atoms with Gasteiger partial charge in [-0.2, -0.15) is 0 Å². The first kappa shape index (κ1) is 12.7. The van der Waals surface area contributed by atoms with Gasteiger partial charge in [-0.3, -0.25) is 0 Å². The Hall–Kier alpha value is -0.710. The third-order valence-electron chi connectivity index (χ3n) is 2.56. The van der Waals surface area contributed by atoms with Crippen LogP contribution in [0.4, 0.5) is 4.39 Å². The molecule has 1 heterocycles. The van der Waals surface area contributed by atoms with Gasteiger partial charge in [0, 0.05) is 9.75 Å². The Morgan fingerprint density at radius 2 is 2.12 bits per heavy atom. The normalized spacial score (nSPS) is 12.7. The van der Waals surface area contributed by atoms with Crippen molar-refractivity contribution in [2.45, 2.75) is 19.4 Å². The Morgan fingerprint density at radius 1 is 1.35 bits per heavy atom. The Labute approximate surface area is 112 Å². The van der Waals surface area contributed by atoms with Crippen LogP contribution in [-0.4, -0.2) is 5.11 Å². The Morgan fingerprint density at radius 3 is 2.71 bits per heavy atom. The second-order valence-corrected chi connectivity index (χ2v) is 5.79. The van der Waals surface area contributed by atoms with Crippen molar-refractivity contribution in [1.29, 1.82) is 0 Å². The van der Waals surface area contributed by atoms with Gasteiger partial charge in [-0.1, -0.05) is 13.0 Å². The molecule has 90 valence electrons. The summed E-state index contributed by atoms with van der Waals surface area (Å²) in [4.78, 5) is 2.13. The number of hydrogen-bond acceptors (Lipinski definition) is 2. The van der Waals surface area contributed by atoms with Crippen molar-refractivity contribution in [3.05, 3.63) is 55.9 Å². The molecule has 0 aliphatic rings. The standard InChI is InChI=1S/C13H12BrFOS/c1-2-9-4-6-12(17-9)13(16)8-3-5-11(15)10(14)7-8/h3-7,13,16H,2H2,1H3. The maximum atomic E-state index is 13.1. The molecule has 1 N–H and O–H groups in total. The first-order chi connectivity index (χ1) is 8.11. The van der Waals surface area contributed by atoms with Gasteiger partial charge in [0.1, 0.15) is 11.9 Å². The average molecular weight is 315 g/mol. The number of aliphatic hydroxyl groups excluding tert-OH is 1. The first-order valence-corrected chi connectivity index (χ1v) is 6.94. The van der Waals surface area contributed by atoms with Gasteiger partial charge in [0.2, 0.25) is 0 Å². The van der Waals surface area contributed by atoms with E-state index in [4.69, 9.17) is 0 Å².